The summed E-state index contributed by atoms with van der Waals surface area (Å²) in [6, 6.07) is 15.7. The predicted molar refractivity (Wildman–Crippen MR) is 112 cm³/mol. The van der Waals surface area contributed by atoms with Gasteiger partial charge in [0.25, 0.3) is 0 Å². The molecule has 7 nitrogen and oxygen atoms in total. The fourth-order valence-corrected chi connectivity index (χ4v) is 3.71. The first-order valence-electron chi connectivity index (χ1n) is 9.48. The van der Waals surface area contributed by atoms with Gasteiger partial charge in [0.2, 0.25) is 12.7 Å². The Labute approximate surface area is 173 Å². The molecule has 1 N–H and O–H groups in total. The molecule has 1 unspecified atom stereocenters. The number of thioether (sulfide) groups is 1. The summed E-state index contributed by atoms with van der Waals surface area (Å²) in [5, 5.41) is 12.4. The van der Waals surface area contributed by atoms with E-state index in [2.05, 4.69) is 15.5 Å². The zero-order chi connectivity index (χ0) is 20.2. The van der Waals surface area contributed by atoms with Crippen LogP contribution in [0.1, 0.15) is 20.3 Å². The third-order valence-corrected chi connectivity index (χ3v) is 5.56. The van der Waals surface area contributed by atoms with Crippen LogP contribution in [-0.4, -0.2) is 39.3 Å². The number of nitrogens with zero attached hydrogens (tertiary/aromatic N) is 3. The van der Waals surface area contributed by atoms with Crippen LogP contribution < -0.4 is 14.8 Å². The number of benzene rings is 2. The second kappa shape index (κ2) is 8.57. The third-order valence-electron chi connectivity index (χ3n) is 4.63. The monoisotopic (exact) mass is 410 g/mol. The van der Waals surface area contributed by atoms with Gasteiger partial charge in [-0.25, -0.2) is 0 Å². The molecule has 0 bridgehead atoms. The lowest BCUT2D eigenvalue weighted by Crippen LogP contribution is -2.33. The van der Waals surface area contributed by atoms with Crippen molar-refractivity contribution in [3.05, 3.63) is 48.5 Å². The Hall–Kier alpha value is -3.00. The van der Waals surface area contributed by atoms with E-state index in [-0.39, 0.29) is 24.5 Å². The lowest BCUT2D eigenvalue weighted by Gasteiger charge is -2.12. The highest BCUT2D eigenvalue weighted by Crippen LogP contribution is 2.36. The molecule has 4 rings (SSSR count). The topological polar surface area (TPSA) is 78.3 Å². The third kappa shape index (κ3) is 4.22. The molecule has 0 aliphatic carbocycles. The SMILES string of the molecule is CCC(C)NC(=O)CSc1nnc(-c2ccc3c(c2)OCO3)n1-c1ccccc1. The second-order valence-corrected chi connectivity index (χ2v) is 7.65. The summed E-state index contributed by atoms with van der Waals surface area (Å²) in [5.74, 6) is 2.34. The summed E-state index contributed by atoms with van der Waals surface area (Å²) < 4.78 is 12.9. The Morgan fingerprint density at radius 2 is 1.97 bits per heavy atom. The molecule has 0 spiro atoms. The average Bonchev–Trinajstić information content (AvgIpc) is 3.39. The molecule has 2 aromatic carbocycles. The number of hydrogen-bond acceptors (Lipinski definition) is 6. The largest absolute Gasteiger partial charge is 0.454 e. The van der Waals surface area contributed by atoms with Gasteiger partial charge in [0.15, 0.2) is 22.5 Å². The maximum Gasteiger partial charge on any atom is 0.231 e. The minimum absolute atomic E-state index is 0.0170. The van der Waals surface area contributed by atoms with E-state index < -0.39 is 0 Å². The quantitative estimate of drug-likeness (QED) is 0.599. The number of rotatable bonds is 7. The van der Waals surface area contributed by atoms with E-state index in [1.807, 2.05) is 66.9 Å². The number of carbonyl (C=O) groups excluding carboxylic acids is 1. The zero-order valence-corrected chi connectivity index (χ0v) is 17.1. The molecular formula is C21H22N4O3S. The molecule has 1 aliphatic rings. The second-order valence-electron chi connectivity index (χ2n) is 6.71. The van der Waals surface area contributed by atoms with Gasteiger partial charge in [-0.05, 0) is 43.7 Å². The van der Waals surface area contributed by atoms with E-state index in [0.717, 1.165) is 23.4 Å². The van der Waals surface area contributed by atoms with Gasteiger partial charge in [-0.2, -0.15) is 0 Å². The number of fused-ring (bicyclic) bond motifs is 1. The van der Waals surface area contributed by atoms with Crippen LogP contribution in [0.5, 0.6) is 11.5 Å². The summed E-state index contributed by atoms with van der Waals surface area (Å²) in [7, 11) is 0. The van der Waals surface area contributed by atoms with Crippen molar-refractivity contribution < 1.29 is 14.3 Å². The fraction of sp³-hybridized carbons (Fsp3) is 0.286. The van der Waals surface area contributed by atoms with Gasteiger partial charge in [-0.15, -0.1) is 10.2 Å². The van der Waals surface area contributed by atoms with Gasteiger partial charge in [0.1, 0.15) is 0 Å². The Morgan fingerprint density at radius 1 is 1.17 bits per heavy atom. The molecule has 1 aliphatic heterocycles. The number of nitrogens with one attached hydrogen (secondary N) is 1. The first-order chi connectivity index (χ1) is 14.2. The molecule has 0 saturated carbocycles. The number of carbonyl (C=O) groups is 1. The molecule has 0 radical (unpaired) electrons. The van der Waals surface area contributed by atoms with Crippen LogP contribution in [0.3, 0.4) is 0 Å². The average molecular weight is 410 g/mol. The molecule has 0 fully saturated rings. The van der Waals surface area contributed by atoms with Crippen LogP contribution in [0.4, 0.5) is 0 Å². The van der Waals surface area contributed by atoms with Crippen molar-refractivity contribution in [2.45, 2.75) is 31.5 Å². The van der Waals surface area contributed by atoms with E-state index in [9.17, 15) is 4.79 Å². The summed E-state index contributed by atoms with van der Waals surface area (Å²) in [6.07, 6.45) is 0.894. The Balaban J connectivity index is 1.65. The zero-order valence-electron chi connectivity index (χ0n) is 16.3. The van der Waals surface area contributed by atoms with Crippen LogP contribution in [-0.2, 0) is 4.79 Å². The highest BCUT2D eigenvalue weighted by atomic mass is 32.2. The first kappa shape index (κ1) is 19.3. The first-order valence-corrected chi connectivity index (χ1v) is 10.5. The van der Waals surface area contributed by atoms with E-state index in [0.29, 0.717) is 16.7 Å². The Kier molecular flexibility index (Phi) is 5.71. The summed E-state index contributed by atoms with van der Waals surface area (Å²) in [5.41, 5.74) is 1.79. The molecule has 29 heavy (non-hydrogen) atoms. The molecule has 150 valence electrons. The van der Waals surface area contributed by atoms with Crippen molar-refractivity contribution in [2.24, 2.45) is 0 Å². The van der Waals surface area contributed by atoms with Gasteiger partial charge < -0.3 is 14.8 Å². The summed E-state index contributed by atoms with van der Waals surface area (Å²) in [6.45, 7) is 4.26. The van der Waals surface area contributed by atoms with Crippen molar-refractivity contribution in [2.75, 3.05) is 12.5 Å². The standard InChI is InChI=1S/C21H22N4O3S/c1-3-14(2)22-19(26)12-29-21-24-23-20(25(21)16-7-5-4-6-8-16)15-9-10-17-18(11-15)28-13-27-17/h4-11,14H,3,12-13H2,1-2H3,(H,22,26). The van der Waals surface area contributed by atoms with E-state index >= 15 is 0 Å². The minimum Gasteiger partial charge on any atom is -0.454 e. The predicted octanol–water partition coefficient (Wildman–Crippen LogP) is 3.67. The van der Waals surface area contributed by atoms with Gasteiger partial charge in [0, 0.05) is 17.3 Å². The molecule has 1 atom stereocenters. The maximum atomic E-state index is 12.2. The molecule has 1 amide bonds. The number of amides is 1. The number of para-hydroxylation sites is 1. The number of aromatic nitrogens is 3. The van der Waals surface area contributed by atoms with Crippen molar-refractivity contribution >= 4 is 17.7 Å². The highest BCUT2D eigenvalue weighted by Gasteiger charge is 2.20. The van der Waals surface area contributed by atoms with Crippen LogP contribution in [0, 0.1) is 0 Å². The molecular weight excluding hydrogens is 388 g/mol. The van der Waals surface area contributed by atoms with Crippen LogP contribution in [0.25, 0.3) is 17.1 Å². The van der Waals surface area contributed by atoms with Crippen LogP contribution in [0.2, 0.25) is 0 Å². The smallest absolute Gasteiger partial charge is 0.231 e. The molecule has 1 aromatic heterocycles. The highest BCUT2D eigenvalue weighted by molar-refractivity contribution is 7.99. The van der Waals surface area contributed by atoms with Crippen LogP contribution >= 0.6 is 11.8 Å². The lowest BCUT2D eigenvalue weighted by molar-refractivity contribution is -0.119. The normalized spacial score (nSPS) is 13.3. The molecule has 2 heterocycles. The summed E-state index contributed by atoms with van der Waals surface area (Å²) in [4.78, 5) is 12.2. The molecule has 8 heteroatoms. The van der Waals surface area contributed by atoms with Gasteiger partial charge >= 0.3 is 0 Å². The van der Waals surface area contributed by atoms with Gasteiger partial charge in [-0.3, -0.25) is 9.36 Å². The minimum atomic E-state index is -0.0170. The van der Waals surface area contributed by atoms with Crippen LogP contribution in [0.15, 0.2) is 53.7 Å². The number of hydrogen-bond donors (Lipinski definition) is 1. The van der Waals surface area contributed by atoms with Crippen molar-refractivity contribution in [3.63, 3.8) is 0 Å². The van der Waals surface area contributed by atoms with E-state index in [1.165, 1.54) is 11.8 Å². The maximum absolute atomic E-state index is 12.2. The van der Waals surface area contributed by atoms with Crippen molar-refractivity contribution in [1.29, 1.82) is 0 Å². The number of ether oxygens (including phenoxy) is 2. The van der Waals surface area contributed by atoms with Gasteiger partial charge in [0.05, 0.1) is 5.75 Å². The molecule has 3 aromatic rings. The fourth-order valence-electron chi connectivity index (χ4n) is 2.94. The molecule has 0 saturated heterocycles. The Morgan fingerprint density at radius 3 is 2.76 bits per heavy atom. The van der Waals surface area contributed by atoms with Crippen molar-refractivity contribution in [1.82, 2.24) is 20.1 Å². The van der Waals surface area contributed by atoms with E-state index in [4.69, 9.17) is 9.47 Å². The van der Waals surface area contributed by atoms with Gasteiger partial charge in [-0.1, -0.05) is 36.9 Å². The lowest BCUT2D eigenvalue weighted by atomic mass is 10.2. The summed E-state index contributed by atoms with van der Waals surface area (Å²) >= 11 is 1.36. The van der Waals surface area contributed by atoms with Crippen molar-refractivity contribution in [3.8, 4) is 28.6 Å². The van der Waals surface area contributed by atoms with E-state index in [1.54, 1.807) is 0 Å². The Bertz CT molecular complexity index is 1010.